The summed E-state index contributed by atoms with van der Waals surface area (Å²) < 4.78 is 6.46. The fraction of sp³-hybridized carbons (Fsp3) is 0.375. The van der Waals surface area contributed by atoms with Crippen molar-refractivity contribution in [2.24, 2.45) is 0 Å². The first kappa shape index (κ1) is 15.2. The van der Waals surface area contributed by atoms with Gasteiger partial charge in [-0.2, -0.15) is 0 Å². The number of carbonyl (C=O) groups is 2. The van der Waals surface area contributed by atoms with E-state index in [0.29, 0.717) is 16.1 Å². The van der Waals surface area contributed by atoms with E-state index in [2.05, 4.69) is 4.98 Å². The van der Waals surface area contributed by atoms with Crippen molar-refractivity contribution in [2.45, 2.75) is 24.0 Å². The van der Waals surface area contributed by atoms with Crippen molar-refractivity contribution >= 4 is 34.7 Å². The van der Waals surface area contributed by atoms with Gasteiger partial charge in [-0.25, -0.2) is 14.7 Å². The number of cyclic esters (lactones) is 1. The van der Waals surface area contributed by atoms with Gasteiger partial charge in [0.25, 0.3) is 5.56 Å². The van der Waals surface area contributed by atoms with E-state index >= 15 is 0 Å². The minimum absolute atomic E-state index is 0.0482. The number of hydrogen-bond donors (Lipinski definition) is 0. The quantitative estimate of drug-likeness (QED) is 0.621. The average molecular weight is 345 g/mol. The molecule has 2 aliphatic rings. The first-order valence-electron chi connectivity index (χ1n) is 7.76. The van der Waals surface area contributed by atoms with Crippen LogP contribution >= 0.6 is 11.8 Å². The number of amides is 2. The molecule has 2 fully saturated rings. The highest BCUT2D eigenvalue weighted by molar-refractivity contribution is 7.99. The first-order valence-corrected chi connectivity index (χ1v) is 8.75. The summed E-state index contributed by atoms with van der Waals surface area (Å²) in [5, 5.41) is 1.12. The molecule has 1 aromatic heterocycles. The van der Waals surface area contributed by atoms with Crippen LogP contribution in [0, 0.1) is 0 Å². The second kappa shape index (κ2) is 5.94. The summed E-state index contributed by atoms with van der Waals surface area (Å²) in [5.41, 5.74) is 0.550. The molecule has 0 atom stereocenters. The van der Waals surface area contributed by atoms with Crippen molar-refractivity contribution in [3.8, 4) is 0 Å². The number of benzene rings is 1. The Morgan fingerprint density at radius 1 is 1.29 bits per heavy atom. The van der Waals surface area contributed by atoms with Crippen molar-refractivity contribution in [3.05, 3.63) is 34.6 Å². The Labute approximate surface area is 141 Å². The van der Waals surface area contributed by atoms with Crippen molar-refractivity contribution in [1.29, 1.82) is 0 Å². The summed E-state index contributed by atoms with van der Waals surface area (Å²) >= 11 is 1.19. The lowest BCUT2D eigenvalue weighted by Crippen LogP contribution is -2.33. The van der Waals surface area contributed by atoms with Gasteiger partial charge in [0, 0.05) is 6.04 Å². The molecule has 2 amide bonds. The average Bonchev–Trinajstić information content (AvgIpc) is 3.33. The number of hydrogen-bond acceptors (Lipinski definition) is 6. The lowest BCUT2D eigenvalue weighted by molar-refractivity contribution is -0.125. The molecule has 1 saturated carbocycles. The lowest BCUT2D eigenvalue weighted by Gasteiger charge is -2.13. The molecule has 1 aliphatic heterocycles. The zero-order valence-electron chi connectivity index (χ0n) is 12.8. The molecule has 2 heterocycles. The van der Waals surface area contributed by atoms with E-state index in [-0.39, 0.29) is 36.4 Å². The third-order valence-corrected chi connectivity index (χ3v) is 5.01. The molecule has 1 saturated heterocycles. The van der Waals surface area contributed by atoms with Crippen LogP contribution in [0.25, 0.3) is 10.9 Å². The predicted octanol–water partition coefficient (Wildman–Crippen LogP) is 1.80. The monoisotopic (exact) mass is 345 g/mol. The van der Waals surface area contributed by atoms with E-state index in [4.69, 9.17) is 4.74 Å². The Morgan fingerprint density at radius 2 is 2.08 bits per heavy atom. The van der Waals surface area contributed by atoms with E-state index in [0.717, 1.165) is 17.7 Å². The Morgan fingerprint density at radius 3 is 2.79 bits per heavy atom. The Balaban J connectivity index is 1.63. The van der Waals surface area contributed by atoms with Gasteiger partial charge in [-0.15, -0.1) is 0 Å². The number of carbonyl (C=O) groups excluding carboxylic acids is 2. The predicted molar refractivity (Wildman–Crippen MR) is 88.1 cm³/mol. The van der Waals surface area contributed by atoms with Crippen LogP contribution < -0.4 is 5.56 Å². The molecule has 1 aromatic carbocycles. The van der Waals surface area contributed by atoms with Crippen LogP contribution in [0.5, 0.6) is 0 Å². The molecule has 0 N–H and O–H groups in total. The highest BCUT2D eigenvalue weighted by Gasteiger charge is 2.31. The van der Waals surface area contributed by atoms with Gasteiger partial charge in [-0.3, -0.25) is 14.2 Å². The number of para-hydroxylation sites is 1. The molecule has 4 rings (SSSR count). The zero-order chi connectivity index (χ0) is 16.7. The van der Waals surface area contributed by atoms with Crippen molar-refractivity contribution in [1.82, 2.24) is 14.5 Å². The molecule has 1 aliphatic carbocycles. The van der Waals surface area contributed by atoms with E-state index in [1.165, 1.54) is 11.8 Å². The highest BCUT2D eigenvalue weighted by atomic mass is 32.2. The fourth-order valence-electron chi connectivity index (χ4n) is 2.71. The maximum absolute atomic E-state index is 12.7. The number of rotatable bonds is 4. The van der Waals surface area contributed by atoms with Crippen LogP contribution in [0.15, 0.2) is 34.2 Å². The summed E-state index contributed by atoms with van der Waals surface area (Å²) in [5.74, 6) is -0.278. The normalized spacial score (nSPS) is 17.3. The maximum Gasteiger partial charge on any atom is 0.416 e. The number of nitrogens with zero attached hydrogens (tertiary/aromatic N) is 3. The van der Waals surface area contributed by atoms with Crippen LogP contribution in [-0.4, -0.2) is 45.4 Å². The van der Waals surface area contributed by atoms with Crippen LogP contribution in [0.2, 0.25) is 0 Å². The first-order chi connectivity index (χ1) is 11.6. The van der Waals surface area contributed by atoms with Crippen molar-refractivity contribution in [3.63, 3.8) is 0 Å². The van der Waals surface area contributed by atoms with Gasteiger partial charge in [0.2, 0.25) is 5.91 Å². The molecular weight excluding hydrogens is 330 g/mol. The second-order valence-corrected chi connectivity index (χ2v) is 6.71. The second-order valence-electron chi connectivity index (χ2n) is 5.77. The number of ether oxygens (including phenoxy) is 1. The van der Waals surface area contributed by atoms with Gasteiger partial charge in [0.05, 0.1) is 23.2 Å². The van der Waals surface area contributed by atoms with Crippen LogP contribution in [0.3, 0.4) is 0 Å². The molecule has 0 bridgehead atoms. The topological polar surface area (TPSA) is 81.5 Å². The van der Waals surface area contributed by atoms with Gasteiger partial charge in [0.15, 0.2) is 5.16 Å². The van der Waals surface area contributed by atoms with Crippen LogP contribution in [0.1, 0.15) is 18.9 Å². The highest BCUT2D eigenvalue weighted by Crippen LogP contribution is 2.36. The van der Waals surface area contributed by atoms with Gasteiger partial charge in [0.1, 0.15) is 6.61 Å². The number of aromatic nitrogens is 2. The largest absolute Gasteiger partial charge is 0.447 e. The summed E-state index contributed by atoms with van der Waals surface area (Å²) in [7, 11) is 0. The van der Waals surface area contributed by atoms with E-state index in [9.17, 15) is 14.4 Å². The Kier molecular flexibility index (Phi) is 3.76. The molecule has 0 spiro atoms. The molecule has 24 heavy (non-hydrogen) atoms. The minimum Gasteiger partial charge on any atom is -0.447 e. The zero-order valence-corrected chi connectivity index (χ0v) is 13.6. The summed E-state index contributed by atoms with van der Waals surface area (Å²) in [4.78, 5) is 42.0. The molecule has 7 nitrogen and oxygen atoms in total. The number of thioether (sulfide) groups is 1. The third kappa shape index (κ3) is 2.66. The van der Waals surface area contributed by atoms with Crippen molar-refractivity contribution in [2.75, 3.05) is 18.9 Å². The van der Waals surface area contributed by atoms with Gasteiger partial charge in [-0.05, 0) is 25.0 Å². The summed E-state index contributed by atoms with van der Waals surface area (Å²) in [6.45, 7) is 0.509. The number of imide groups is 1. The smallest absolute Gasteiger partial charge is 0.416 e. The van der Waals surface area contributed by atoms with E-state index in [1.807, 2.05) is 12.1 Å². The van der Waals surface area contributed by atoms with Gasteiger partial charge >= 0.3 is 6.09 Å². The molecule has 0 radical (unpaired) electrons. The van der Waals surface area contributed by atoms with Gasteiger partial charge < -0.3 is 4.74 Å². The SMILES string of the molecule is O=C(CSc1nc2ccccc2c(=O)n1C1CC1)N1CCOC1=O. The Hall–Kier alpha value is -2.35. The minimum atomic E-state index is -0.605. The molecule has 2 aromatic rings. The molecule has 8 heteroatoms. The van der Waals surface area contributed by atoms with Crippen molar-refractivity contribution < 1.29 is 14.3 Å². The lowest BCUT2D eigenvalue weighted by atomic mass is 10.2. The van der Waals surface area contributed by atoms with Gasteiger partial charge in [-0.1, -0.05) is 23.9 Å². The van der Waals surface area contributed by atoms with E-state index < -0.39 is 6.09 Å². The third-order valence-electron chi connectivity index (χ3n) is 4.07. The molecular formula is C16H15N3O4S. The summed E-state index contributed by atoms with van der Waals surface area (Å²) in [6, 6.07) is 7.36. The van der Waals surface area contributed by atoms with E-state index in [1.54, 1.807) is 16.7 Å². The summed E-state index contributed by atoms with van der Waals surface area (Å²) in [6.07, 6.45) is 1.28. The number of fused-ring (bicyclic) bond motifs is 1. The molecule has 124 valence electrons. The fourth-order valence-corrected chi connectivity index (χ4v) is 3.65. The molecule has 0 unspecified atom stereocenters. The standard InChI is InChI=1S/C16H15N3O4S/c20-13(18-7-8-23-16(18)22)9-24-15-17-12-4-2-1-3-11(12)14(21)19(15)10-5-6-10/h1-4,10H,5-9H2. The van der Waals surface area contributed by atoms with Crippen LogP contribution in [0.4, 0.5) is 4.79 Å². The maximum atomic E-state index is 12.7. The van der Waals surface area contributed by atoms with Crippen LogP contribution in [-0.2, 0) is 9.53 Å². The Bertz CT molecular complexity index is 891.